The van der Waals surface area contributed by atoms with Gasteiger partial charge in [0.05, 0.1) is 20.8 Å². The Labute approximate surface area is 178 Å². The number of hydrogen-bond donors (Lipinski definition) is 1. The SMILES string of the molecule is CCCCCOc1ccc(C(=O)CCC(=O)NCc2cccc(OC)c2OC)cc1. The van der Waals surface area contributed by atoms with Crippen LogP contribution in [0.25, 0.3) is 0 Å². The normalized spacial score (nSPS) is 10.4. The van der Waals surface area contributed by atoms with E-state index in [2.05, 4.69) is 12.2 Å². The molecular weight excluding hydrogens is 382 g/mol. The van der Waals surface area contributed by atoms with Crippen LogP contribution in [0.2, 0.25) is 0 Å². The van der Waals surface area contributed by atoms with Crippen molar-refractivity contribution in [2.75, 3.05) is 20.8 Å². The van der Waals surface area contributed by atoms with E-state index in [0.29, 0.717) is 30.2 Å². The topological polar surface area (TPSA) is 73.9 Å². The second-order valence-electron chi connectivity index (χ2n) is 6.93. The van der Waals surface area contributed by atoms with Crippen molar-refractivity contribution in [3.63, 3.8) is 0 Å². The van der Waals surface area contributed by atoms with E-state index in [1.807, 2.05) is 12.1 Å². The summed E-state index contributed by atoms with van der Waals surface area (Å²) >= 11 is 0. The third-order valence-corrected chi connectivity index (χ3v) is 4.73. The van der Waals surface area contributed by atoms with Gasteiger partial charge in [-0.05, 0) is 36.8 Å². The Bertz CT molecular complexity index is 817. The molecule has 6 nitrogen and oxygen atoms in total. The first-order valence-corrected chi connectivity index (χ1v) is 10.3. The van der Waals surface area contributed by atoms with Crippen LogP contribution >= 0.6 is 0 Å². The molecule has 162 valence electrons. The average Bonchev–Trinajstić information content (AvgIpc) is 2.78. The maximum atomic E-state index is 12.4. The first-order chi connectivity index (χ1) is 14.6. The van der Waals surface area contributed by atoms with Gasteiger partial charge in [-0.3, -0.25) is 9.59 Å². The van der Waals surface area contributed by atoms with Gasteiger partial charge in [-0.1, -0.05) is 31.9 Å². The molecule has 0 bridgehead atoms. The van der Waals surface area contributed by atoms with E-state index in [-0.39, 0.29) is 24.5 Å². The molecule has 0 spiro atoms. The number of hydrogen-bond acceptors (Lipinski definition) is 5. The van der Waals surface area contributed by atoms with Gasteiger partial charge in [0.25, 0.3) is 0 Å². The lowest BCUT2D eigenvalue weighted by Crippen LogP contribution is -2.23. The Morgan fingerprint density at radius 3 is 2.37 bits per heavy atom. The van der Waals surface area contributed by atoms with Gasteiger partial charge in [0.15, 0.2) is 17.3 Å². The molecule has 2 aromatic carbocycles. The largest absolute Gasteiger partial charge is 0.494 e. The van der Waals surface area contributed by atoms with Gasteiger partial charge in [-0.15, -0.1) is 0 Å². The maximum absolute atomic E-state index is 12.4. The third kappa shape index (κ3) is 7.10. The van der Waals surface area contributed by atoms with Crippen LogP contribution in [0, 0.1) is 0 Å². The lowest BCUT2D eigenvalue weighted by atomic mass is 10.1. The molecule has 0 atom stereocenters. The highest BCUT2D eigenvalue weighted by Crippen LogP contribution is 2.30. The minimum atomic E-state index is -0.191. The molecular formula is C24H31NO5. The fraction of sp³-hybridized carbons (Fsp3) is 0.417. The minimum absolute atomic E-state index is 0.0679. The predicted molar refractivity (Wildman–Crippen MR) is 116 cm³/mol. The van der Waals surface area contributed by atoms with Gasteiger partial charge >= 0.3 is 0 Å². The van der Waals surface area contributed by atoms with Gasteiger partial charge in [0, 0.05) is 30.5 Å². The molecule has 0 fully saturated rings. The van der Waals surface area contributed by atoms with Gasteiger partial charge in [-0.25, -0.2) is 0 Å². The molecule has 6 heteroatoms. The van der Waals surface area contributed by atoms with E-state index in [9.17, 15) is 9.59 Å². The quantitative estimate of drug-likeness (QED) is 0.385. The van der Waals surface area contributed by atoms with Gasteiger partial charge in [0.1, 0.15) is 5.75 Å². The number of rotatable bonds is 13. The molecule has 1 amide bonds. The van der Waals surface area contributed by atoms with Crippen LogP contribution in [0.3, 0.4) is 0 Å². The van der Waals surface area contributed by atoms with E-state index in [4.69, 9.17) is 14.2 Å². The summed E-state index contributed by atoms with van der Waals surface area (Å²) in [4.78, 5) is 24.5. The third-order valence-electron chi connectivity index (χ3n) is 4.73. The van der Waals surface area contributed by atoms with Crippen LogP contribution < -0.4 is 19.5 Å². The van der Waals surface area contributed by atoms with Gasteiger partial charge < -0.3 is 19.5 Å². The highest BCUT2D eigenvalue weighted by atomic mass is 16.5. The summed E-state index contributed by atoms with van der Waals surface area (Å²) in [6.45, 7) is 3.13. The smallest absolute Gasteiger partial charge is 0.220 e. The summed E-state index contributed by atoms with van der Waals surface area (Å²) in [5, 5.41) is 2.83. The lowest BCUT2D eigenvalue weighted by Gasteiger charge is -2.13. The number of ketones is 1. The Morgan fingerprint density at radius 1 is 0.933 bits per heavy atom. The van der Waals surface area contributed by atoms with Crippen molar-refractivity contribution in [2.45, 2.75) is 45.6 Å². The average molecular weight is 414 g/mol. The monoisotopic (exact) mass is 413 g/mol. The van der Waals surface area contributed by atoms with Crippen LogP contribution in [-0.2, 0) is 11.3 Å². The molecule has 0 aliphatic heterocycles. The molecule has 0 aliphatic carbocycles. The number of Topliss-reactive ketones (excluding diaryl/α,β-unsaturated/α-hetero) is 1. The van der Waals surface area contributed by atoms with Crippen molar-refractivity contribution < 1.29 is 23.8 Å². The van der Waals surface area contributed by atoms with Gasteiger partial charge in [-0.2, -0.15) is 0 Å². The van der Waals surface area contributed by atoms with Crippen LogP contribution in [0.1, 0.15) is 54.9 Å². The summed E-state index contributed by atoms with van der Waals surface area (Å²) in [5.74, 6) is 1.70. The number of methoxy groups -OCH3 is 2. The predicted octanol–water partition coefficient (Wildman–Crippen LogP) is 4.55. The van der Waals surface area contributed by atoms with Crippen LogP contribution in [0.15, 0.2) is 42.5 Å². The van der Waals surface area contributed by atoms with Crippen LogP contribution in [0.5, 0.6) is 17.2 Å². The minimum Gasteiger partial charge on any atom is -0.494 e. The summed E-state index contributed by atoms with van der Waals surface area (Å²) in [5.41, 5.74) is 1.39. The number of ether oxygens (including phenoxy) is 3. The second-order valence-corrected chi connectivity index (χ2v) is 6.93. The number of carbonyl (C=O) groups is 2. The number of amides is 1. The zero-order chi connectivity index (χ0) is 21.8. The van der Waals surface area contributed by atoms with Gasteiger partial charge in [0.2, 0.25) is 5.91 Å². The van der Waals surface area contributed by atoms with Crippen LogP contribution in [0.4, 0.5) is 0 Å². The Morgan fingerprint density at radius 2 is 1.70 bits per heavy atom. The Balaban J connectivity index is 1.78. The first-order valence-electron chi connectivity index (χ1n) is 10.3. The van der Waals surface area contributed by atoms with E-state index < -0.39 is 0 Å². The number of unbranched alkanes of at least 4 members (excludes halogenated alkanes) is 2. The molecule has 2 aromatic rings. The second kappa shape index (κ2) is 12.5. The molecule has 0 aliphatic rings. The van der Waals surface area contributed by atoms with Crippen molar-refractivity contribution >= 4 is 11.7 Å². The standard InChI is InChI=1S/C24H31NO5/c1-4-5-6-16-30-20-12-10-18(11-13-20)21(26)14-15-23(27)25-17-19-8-7-9-22(28-2)24(19)29-3/h7-13H,4-6,14-17H2,1-3H3,(H,25,27). The molecule has 1 N–H and O–H groups in total. The molecule has 0 saturated heterocycles. The van der Waals surface area contributed by atoms with E-state index >= 15 is 0 Å². The number of benzene rings is 2. The molecule has 0 heterocycles. The van der Waals surface area contributed by atoms with E-state index in [0.717, 1.165) is 30.6 Å². The summed E-state index contributed by atoms with van der Waals surface area (Å²) < 4.78 is 16.3. The van der Waals surface area contributed by atoms with E-state index in [1.54, 1.807) is 44.6 Å². The number of carbonyl (C=O) groups excluding carboxylic acids is 2. The van der Waals surface area contributed by atoms with Crippen molar-refractivity contribution in [3.05, 3.63) is 53.6 Å². The molecule has 2 rings (SSSR count). The van der Waals surface area contributed by atoms with Crippen LogP contribution in [-0.4, -0.2) is 32.5 Å². The number of nitrogens with one attached hydrogen (secondary N) is 1. The number of para-hydroxylation sites is 1. The summed E-state index contributed by atoms with van der Waals surface area (Å²) in [6, 6.07) is 12.6. The maximum Gasteiger partial charge on any atom is 0.220 e. The fourth-order valence-electron chi connectivity index (χ4n) is 3.03. The van der Waals surface area contributed by atoms with Crippen molar-refractivity contribution in [2.24, 2.45) is 0 Å². The lowest BCUT2D eigenvalue weighted by molar-refractivity contribution is -0.121. The Kier molecular flexibility index (Phi) is 9.71. The fourth-order valence-corrected chi connectivity index (χ4v) is 3.03. The van der Waals surface area contributed by atoms with Crippen molar-refractivity contribution in [3.8, 4) is 17.2 Å². The molecule has 0 radical (unpaired) electrons. The van der Waals surface area contributed by atoms with Crippen molar-refractivity contribution in [1.29, 1.82) is 0 Å². The highest BCUT2D eigenvalue weighted by molar-refractivity contribution is 5.98. The molecule has 0 unspecified atom stereocenters. The zero-order valence-corrected chi connectivity index (χ0v) is 18.0. The zero-order valence-electron chi connectivity index (χ0n) is 18.0. The molecule has 0 saturated carbocycles. The van der Waals surface area contributed by atoms with Crippen molar-refractivity contribution in [1.82, 2.24) is 5.32 Å². The molecule has 0 aromatic heterocycles. The highest BCUT2D eigenvalue weighted by Gasteiger charge is 2.12. The molecule has 30 heavy (non-hydrogen) atoms. The first kappa shape index (κ1) is 23.3. The Hall–Kier alpha value is -3.02. The summed E-state index contributed by atoms with van der Waals surface area (Å²) in [6.07, 6.45) is 3.59. The summed E-state index contributed by atoms with van der Waals surface area (Å²) in [7, 11) is 3.13. The van der Waals surface area contributed by atoms with E-state index in [1.165, 1.54) is 0 Å².